The molecule has 0 aliphatic heterocycles. The molecule has 0 fully saturated rings. The second kappa shape index (κ2) is 8.06. The second-order valence-electron chi connectivity index (χ2n) is 5.40. The zero-order valence-corrected chi connectivity index (χ0v) is 13.8. The Morgan fingerprint density at radius 3 is 2.44 bits per heavy atom. The molecule has 0 spiro atoms. The zero-order valence-electron chi connectivity index (χ0n) is 13.8. The van der Waals surface area contributed by atoms with Crippen LogP contribution < -0.4 is 10.1 Å². The van der Waals surface area contributed by atoms with Gasteiger partial charge in [-0.25, -0.2) is 4.39 Å². The molecule has 3 aromatic rings. The van der Waals surface area contributed by atoms with Crippen LogP contribution in [0.25, 0.3) is 12.2 Å². The summed E-state index contributed by atoms with van der Waals surface area (Å²) in [6, 6.07) is 14.9. The van der Waals surface area contributed by atoms with E-state index in [0.29, 0.717) is 6.54 Å². The maximum absolute atomic E-state index is 12.8. The van der Waals surface area contributed by atoms with Gasteiger partial charge in [0.2, 0.25) is 0 Å². The van der Waals surface area contributed by atoms with Gasteiger partial charge in [-0.1, -0.05) is 18.2 Å². The smallest absolute Gasteiger partial charge is 0.141 e. The first-order chi connectivity index (χ1) is 12.2. The average molecular weight is 335 g/mol. The molecule has 0 atom stereocenters. The molecule has 1 aromatic carbocycles. The van der Waals surface area contributed by atoms with E-state index in [1.54, 1.807) is 19.4 Å². The van der Waals surface area contributed by atoms with Crippen LogP contribution in [0.3, 0.4) is 0 Å². The summed E-state index contributed by atoms with van der Waals surface area (Å²) in [5.74, 6) is 0.412. The number of hydrogen-bond acceptors (Lipinski definition) is 4. The summed E-state index contributed by atoms with van der Waals surface area (Å²) in [6.45, 7) is 0.547. The van der Waals surface area contributed by atoms with Gasteiger partial charge in [0.15, 0.2) is 0 Å². The number of rotatable bonds is 6. The normalized spacial score (nSPS) is 10.8. The molecule has 0 saturated heterocycles. The fraction of sp³-hybridized carbons (Fsp3) is 0.100. The van der Waals surface area contributed by atoms with Crippen molar-refractivity contribution in [3.8, 4) is 5.75 Å². The highest BCUT2D eigenvalue weighted by atomic mass is 19.1. The van der Waals surface area contributed by atoms with E-state index in [2.05, 4.69) is 15.3 Å². The maximum Gasteiger partial charge on any atom is 0.141 e. The van der Waals surface area contributed by atoms with Gasteiger partial charge in [-0.2, -0.15) is 0 Å². The predicted molar refractivity (Wildman–Crippen MR) is 97.7 cm³/mol. The van der Waals surface area contributed by atoms with Gasteiger partial charge in [0.25, 0.3) is 0 Å². The number of anilines is 1. The van der Waals surface area contributed by atoms with E-state index in [1.165, 1.54) is 12.3 Å². The Balaban J connectivity index is 1.57. The molecule has 126 valence electrons. The number of halogens is 1. The Bertz CT molecular complexity index is 828. The molecule has 0 bridgehead atoms. The van der Waals surface area contributed by atoms with Gasteiger partial charge in [0.05, 0.1) is 37.4 Å². The van der Waals surface area contributed by atoms with Gasteiger partial charge in [0.1, 0.15) is 11.6 Å². The van der Waals surface area contributed by atoms with Crippen LogP contribution in [0.5, 0.6) is 5.75 Å². The molecule has 2 heterocycles. The third-order valence-electron chi connectivity index (χ3n) is 3.61. The van der Waals surface area contributed by atoms with Crippen LogP contribution in [0.2, 0.25) is 0 Å². The van der Waals surface area contributed by atoms with Gasteiger partial charge in [0, 0.05) is 5.69 Å². The third kappa shape index (κ3) is 4.88. The van der Waals surface area contributed by atoms with E-state index in [-0.39, 0.29) is 5.82 Å². The quantitative estimate of drug-likeness (QED) is 0.725. The fourth-order valence-electron chi connectivity index (χ4n) is 2.21. The van der Waals surface area contributed by atoms with Crippen molar-refractivity contribution in [1.29, 1.82) is 0 Å². The second-order valence-corrected chi connectivity index (χ2v) is 5.40. The Morgan fingerprint density at radius 1 is 0.960 bits per heavy atom. The van der Waals surface area contributed by atoms with E-state index in [9.17, 15) is 4.39 Å². The molecule has 1 N–H and O–H groups in total. The standard InChI is InChI=1S/C20H18FN3O/c1-25-20-11-10-18(24-14-20)8-4-15-2-6-17(7-3-15)23-13-19-9-5-16(21)12-22-19/h2-12,14,23H,13H2,1H3/b8-4+. The van der Waals surface area contributed by atoms with E-state index >= 15 is 0 Å². The lowest BCUT2D eigenvalue weighted by atomic mass is 10.1. The molecule has 0 amide bonds. The minimum atomic E-state index is -0.328. The maximum atomic E-state index is 12.8. The fourth-order valence-corrected chi connectivity index (χ4v) is 2.21. The topological polar surface area (TPSA) is 47.0 Å². The van der Waals surface area contributed by atoms with Crippen molar-refractivity contribution in [3.05, 3.63) is 83.7 Å². The van der Waals surface area contributed by atoms with Crippen molar-refractivity contribution < 1.29 is 9.13 Å². The Hall–Kier alpha value is -3.21. The summed E-state index contributed by atoms with van der Waals surface area (Å²) in [5, 5.41) is 3.26. The molecule has 0 aliphatic rings. The van der Waals surface area contributed by atoms with E-state index in [0.717, 1.165) is 28.4 Å². The first-order valence-electron chi connectivity index (χ1n) is 7.85. The van der Waals surface area contributed by atoms with Gasteiger partial charge < -0.3 is 10.1 Å². The molecule has 0 saturated carbocycles. The molecule has 0 radical (unpaired) electrons. The molecule has 4 nitrogen and oxygen atoms in total. The number of pyridine rings is 2. The number of nitrogens with one attached hydrogen (secondary N) is 1. The van der Waals surface area contributed by atoms with Crippen molar-refractivity contribution in [1.82, 2.24) is 9.97 Å². The highest BCUT2D eigenvalue weighted by Gasteiger charge is 1.97. The third-order valence-corrected chi connectivity index (χ3v) is 3.61. The SMILES string of the molecule is COc1ccc(/C=C/c2ccc(NCc3ccc(F)cn3)cc2)nc1. The summed E-state index contributed by atoms with van der Waals surface area (Å²) >= 11 is 0. The summed E-state index contributed by atoms with van der Waals surface area (Å²) in [6.07, 6.45) is 6.86. The zero-order chi connectivity index (χ0) is 17.5. The van der Waals surface area contributed by atoms with Gasteiger partial charge >= 0.3 is 0 Å². The Morgan fingerprint density at radius 2 is 1.80 bits per heavy atom. The summed E-state index contributed by atoms with van der Waals surface area (Å²) in [5.41, 5.74) is 3.70. The average Bonchev–Trinajstić information content (AvgIpc) is 2.67. The summed E-state index contributed by atoms with van der Waals surface area (Å²) in [7, 11) is 1.62. The molecule has 5 heteroatoms. The lowest BCUT2D eigenvalue weighted by Gasteiger charge is -2.06. The van der Waals surface area contributed by atoms with Crippen LogP contribution in [0, 0.1) is 5.82 Å². The van der Waals surface area contributed by atoms with Crippen LogP contribution in [-0.2, 0) is 6.54 Å². The van der Waals surface area contributed by atoms with Crippen LogP contribution in [0.15, 0.2) is 60.9 Å². The van der Waals surface area contributed by atoms with E-state index < -0.39 is 0 Å². The van der Waals surface area contributed by atoms with Crippen LogP contribution >= 0.6 is 0 Å². The van der Waals surface area contributed by atoms with Crippen molar-refractivity contribution >= 4 is 17.8 Å². The molecular formula is C20H18FN3O. The Kier molecular flexibility index (Phi) is 5.36. The predicted octanol–water partition coefficient (Wildman–Crippen LogP) is 4.41. The van der Waals surface area contributed by atoms with E-state index in [1.807, 2.05) is 48.6 Å². The lowest BCUT2D eigenvalue weighted by molar-refractivity contribution is 0.413. The monoisotopic (exact) mass is 335 g/mol. The van der Waals surface area contributed by atoms with Crippen molar-refractivity contribution in [2.45, 2.75) is 6.54 Å². The van der Waals surface area contributed by atoms with Gasteiger partial charge in [-0.15, -0.1) is 0 Å². The number of ether oxygens (including phenoxy) is 1. The minimum Gasteiger partial charge on any atom is -0.495 e. The molecule has 0 aliphatic carbocycles. The van der Waals surface area contributed by atoms with Crippen LogP contribution in [0.4, 0.5) is 10.1 Å². The van der Waals surface area contributed by atoms with Crippen LogP contribution in [0.1, 0.15) is 17.0 Å². The number of benzene rings is 1. The highest BCUT2D eigenvalue weighted by Crippen LogP contribution is 2.14. The largest absolute Gasteiger partial charge is 0.495 e. The molecule has 2 aromatic heterocycles. The lowest BCUT2D eigenvalue weighted by Crippen LogP contribution is -2.01. The minimum absolute atomic E-state index is 0.328. The van der Waals surface area contributed by atoms with Gasteiger partial charge in [-0.3, -0.25) is 9.97 Å². The summed E-state index contributed by atoms with van der Waals surface area (Å²) in [4.78, 5) is 8.32. The van der Waals surface area contributed by atoms with E-state index in [4.69, 9.17) is 4.74 Å². The molecular weight excluding hydrogens is 317 g/mol. The van der Waals surface area contributed by atoms with Gasteiger partial charge in [-0.05, 0) is 48.0 Å². The van der Waals surface area contributed by atoms with Crippen molar-refractivity contribution in [2.24, 2.45) is 0 Å². The van der Waals surface area contributed by atoms with Crippen molar-refractivity contribution in [3.63, 3.8) is 0 Å². The molecule has 25 heavy (non-hydrogen) atoms. The molecule has 3 rings (SSSR count). The van der Waals surface area contributed by atoms with Crippen molar-refractivity contribution in [2.75, 3.05) is 12.4 Å². The number of methoxy groups -OCH3 is 1. The first-order valence-corrected chi connectivity index (χ1v) is 7.85. The number of aromatic nitrogens is 2. The molecule has 0 unspecified atom stereocenters. The summed E-state index contributed by atoms with van der Waals surface area (Å²) < 4.78 is 17.9. The number of nitrogens with zero attached hydrogens (tertiary/aromatic N) is 2. The first kappa shape index (κ1) is 16.6. The van der Waals surface area contributed by atoms with Crippen LogP contribution in [-0.4, -0.2) is 17.1 Å². The number of hydrogen-bond donors (Lipinski definition) is 1. The Labute approximate surface area is 146 Å². The highest BCUT2D eigenvalue weighted by molar-refractivity contribution is 5.69.